The molecule has 1 aliphatic heterocycles. The second-order valence-corrected chi connectivity index (χ2v) is 17.2. The normalized spacial score (nSPS) is 14.8. The van der Waals surface area contributed by atoms with E-state index in [0.717, 1.165) is 59.6 Å². The zero-order valence-electron chi connectivity index (χ0n) is 37.6. The Morgan fingerprint density at radius 1 is 0.790 bits per heavy atom. The quantitative estimate of drug-likeness (QED) is 0.0462. The van der Waals surface area contributed by atoms with Crippen molar-refractivity contribution < 1.29 is 24.1 Å². The van der Waals surface area contributed by atoms with E-state index in [9.17, 15) is 9.90 Å². The number of carbonyl (C=O) groups is 1. The number of hydrogen-bond acceptors (Lipinski definition) is 6. The number of aryl methyl sites for hydroxylation is 1. The number of carbonyl (C=O) groups excluding carboxylic acids is 1. The molecule has 5 aromatic carbocycles. The van der Waals surface area contributed by atoms with Crippen molar-refractivity contribution in [3.63, 3.8) is 0 Å². The van der Waals surface area contributed by atoms with E-state index in [0.29, 0.717) is 6.42 Å². The summed E-state index contributed by atoms with van der Waals surface area (Å²) in [6.07, 6.45) is 9.43. The molecule has 0 saturated carbocycles. The molecule has 0 saturated heterocycles. The SMILES string of the molecule is C=C(/C=C/C=C1/N(CCCCCC(=O)NC(CO)COC(c2ccccc2)(c2ccc(OC)cc2)c2ccc(OC)cc2)c2ccccc2C1(C)C)C(C)(C)c1ccccc1C. The van der Waals surface area contributed by atoms with Crippen LogP contribution in [0.1, 0.15) is 86.8 Å². The molecule has 1 heterocycles. The smallest absolute Gasteiger partial charge is 0.220 e. The van der Waals surface area contributed by atoms with Crippen LogP contribution in [0.3, 0.4) is 0 Å². The Labute approximate surface area is 369 Å². The molecular weight excluding hydrogens is 769 g/mol. The van der Waals surface area contributed by atoms with Crippen molar-refractivity contribution in [3.8, 4) is 11.5 Å². The maximum atomic E-state index is 13.4. The Balaban J connectivity index is 1.10. The number of aliphatic hydroxyl groups excluding tert-OH is 1. The number of nitrogens with zero attached hydrogens (tertiary/aromatic N) is 1. The predicted molar refractivity (Wildman–Crippen MR) is 253 cm³/mol. The lowest BCUT2D eigenvalue weighted by molar-refractivity contribution is -0.123. The van der Waals surface area contributed by atoms with Crippen LogP contribution < -0.4 is 19.7 Å². The van der Waals surface area contributed by atoms with E-state index in [4.69, 9.17) is 14.2 Å². The topological polar surface area (TPSA) is 80.3 Å². The van der Waals surface area contributed by atoms with Gasteiger partial charge in [0.05, 0.1) is 33.5 Å². The number of unbranched alkanes of at least 4 members (excludes halogenated alkanes) is 2. The van der Waals surface area contributed by atoms with E-state index < -0.39 is 11.6 Å². The molecule has 0 radical (unpaired) electrons. The van der Waals surface area contributed by atoms with Crippen LogP contribution in [-0.2, 0) is 26.0 Å². The highest BCUT2D eigenvalue weighted by molar-refractivity contribution is 5.76. The number of allylic oxidation sites excluding steroid dienone is 5. The van der Waals surface area contributed by atoms with E-state index in [2.05, 4.69) is 118 Å². The van der Waals surface area contributed by atoms with Crippen LogP contribution in [0.25, 0.3) is 0 Å². The highest BCUT2D eigenvalue weighted by Crippen LogP contribution is 2.48. The van der Waals surface area contributed by atoms with Gasteiger partial charge in [0.2, 0.25) is 5.91 Å². The van der Waals surface area contributed by atoms with Gasteiger partial charge < -0.3 is 29.5 Å². The fourth-order valence-corrected chi connectivity index (χ4v) is 8.76. The minimum atomic E-state index is -1.06. The second-order valence-electron chi connectivity index (χ2n) is 17.2. The Morgan fingerprint density at radius 3 is 1.98 bits per heavy atom. The summed E-state index contributed by atoms with van der Waals surface area (Å²) in [6, 6.07) is 42.2. The minimum Gasteiger partial charge on any atom is -0.497 e. The van der Waals surface area contributed by atoms with Gasteiger partial charge in [-0.1, -0.05) is 150 Å². The fourth-order valence-electron chi connectivity index (χ4n) is 8.76. The number of hydrogen-bond donors (Lipinski definition) is 2. The molecule has 2 N–H and O–H groups in total. The van der Waals surface area contributed by atoms with E-state index in [-0.39, 0.29) is 30.0 Å². The average molecular weight is 833 g/mol. The van der Waals surface area contributed by atoms with E-state index in [1.54, 1.807) is 14.2 Å². The minimum absolute atomic E-state index is 0.0691. The summed E-state index contributed by atoms with van der Waals surface area (Å²) in [7, 11) is 3.28. The summed E-state index contributed by atoms with van der Waals surface area (Å²) in [5, 5.41) is 13.6. The summed E-state index contributed by atoms with van der Waals surface area (Å²) in [5.74, 6) is 1.34. The lowest BCUT2D eigenvalue weighted by Gasteiger charge is -2.37. The van der Waals surface area contributed by atoms with Crippen molar-refractivity contribution in [3.05, 3.63) is 197 Å². The third-order valence-electron chi connectivity index (χ3n) is 12.5. The number of amides is 1. The number of nitrogens with one attached hydrogen (secondary N) is 1. The largest absolute Gasteiger partial charge is 0.497 e. The van der Waals surface area contributed by atoms with Crippen LogP contribution in [0.4, 0.5) is 5.69 Å². The van der Waals surface area contributed by atoms with Crippen LogP contribution in [0.5, 0.6) is 11.5 Å². The molecule has 62 heavy (non-hydrogen) atoms. The predicted octanol–water partition coefficient (Wildman–Crippen LogP) is 11.1. The number of aliphatic hydroxyl groups is 1. The molecule has 7 nitrogen and oxygen atoms in total. The van der Waals surface area contributed by atoms with Crippen molar-refractivity contribution in [2.75, 3.05) is 38.9 Å². The summed E-state index contributed by atoms with van der Waals surface area (Å²) < 4.78 is 17.9. The first-order chi connectivity index (χ1) is 29.9. The van der Waals surface area contributed by atoms with Gasteiger partial charge in [-0.15, -0.1) is 0 Å². The van der Waals surface area contributed by atoms with Crippen LogP contribution in [0, 0.1) is 6.92 Å². The zero-order chi connectivity index (χ0) is 44.3. The Bertz CT molecular complexity index is 2280. The van der Waals surface area contributed by atoms with Gasteiger partial charge in [0.15, 0.2) is 0 Å². The van der Waals surface area contributed by atoms with Crippen molar-refractivity contribution in [1.29, 1.82) is 0 Å². The van der Waals surface area contributed by atoms with E-state index in [1.165, 1.54) is 28.1 Å². The molecular formula is C55H64N2O5. The first-order valence-electron chi connectivity index (χ1n) is 21.8. The van der Waals surface area contributed by atoms with E-state index in [1.807, 2.05) is 78.9 Å². The lowest BCUT2D eigenvalue weighted by Crippen LogP contribution is -2.44. The van der Waals surface area contributed by atoms with Gasteiger partial charge in [-0.3, -0.25) is 4.79 Å². The second kappa shape index (κ2) is 20.3. The summed E-state index contributed by atoms with van der Waals surface area (Å²) in [5.41, 5.74) is 8.62. The molecule has 324 valence electrons. The molecule has 5 aromatic rings. The Morgan fingerprint density at radius 2 is 1.37 bits per heavy atom. The Hall–Kier alpha value is -5.89. The molecule has 0 aliphatic carbocycles. The van der Waals surface area contributed by atoms with Crippen LogP contribution in [-0.4, -0.2) is 51.0 Å². The third-order valence-corrected chi connectivity index (χ3v) is 12.5. The Kier molecular flexibility index (Phi) is 15.0. The third kappa shape index (κ3) is 9.91. The fraction of sp³-hybridized carbons (Fsp3) is 0.327. The molecule has 0 aromatic heterocycles. The average Bonchev–Trinajstić information content (AvgIpc) is 3.51. The number of benzene rings is 5. The van der Waals surface area contributed by atoms with Gasteiger partial charge >= 0.3 is 0 Å². The molecule has 0 spiro atoms. The standard InChI is InChI=1S/C55H64N2O5/c1-40-20-14-15-24-48(40)53(3,4)41(2)21-19-27-51-54(5,6)49-25-16-17-26-50(49)57(51)37-18-10-13-28-52(59)56-45(38-58)39-62-55(42-22-11-9-12-23-42,43-29-33-46(60-7)34-30-43)44-31-35-47(61-8)36-32-44/h9,11-12,14-17,19-27,29-36,45,58H,2,10,13,18,28,37-39H2,1,3-8H3,(H,56,59)/b21-19+,51-27+. The number of rotatable bonds is 20. The molecule has 0 fully saturated rings. The van der Waals surface area contributed by atoms with Gasteiger partial charge in [-0.25, -0.2) is 0 Å². The highest BCUT2D eigenvalue weighted by Gasteiger charge is 2.40. The molecule has 6 rings (SSSR count). The summed E-state index contributed by atoms with van der Waals surface area (Å²) >= 11 is 0. The number of para-hydroxylation sites is 1. The molecule has 7 heteroatoms. The van der Waals surface area contributed by atoms with Crippen molar-refractivity contribution in [2.24, 2.45) is 0 Å². The zero-order valence-corrected chi connectivity index (χ0v) is 37.6. The molecule has 1 unspecified atom stereocenters. The maximum Gasteiger partial charge on any atom is 0.220 e. The van der Waals surface area contributed by atoms with Gasteiger partial charge in [0.1, 0.15) is 17.1 Å². The molecule has 1 aliphatic rings. The van der Waals surface area contributed by atoms with Gasteiger partial charge in [-0.05, 0) is 95.1 Å². The first-order valence-corrected chi connectivity index (χ1v) is 21.8. The maximum absolute atomic E-state index is 13.4. The van der Waals surface area contributed by atoms with Crippen LogP contribution >= 0.6 is 0 Å². The van der Waals surface area contributed by atoms with Crippen LogP contribution in [0.15, 0.2) is 163 Å². The molecule has 0 bridgehead atoms. The van der Waals surface area contributed by atoms with Gasteiger partial charge in [0, 0.05) is 35.2 Å². The van der Waals surface area contributed by atoms with Crippen molar-refractivity contribution in [1.82, 2.24) is 5.32 Å². The molecule has 1 atom stereocenters. The van der Waals surface area contributed by atoms with Crippen molar-refractivity contribution in [2.45, 2.75) is 82.8 Å². The van der Waals surface area contributed by atoms with Crippen molar-refractivity contribution >= 4 is 11.6 Å². The van der Waals surface area contributed by atoms with Gasteiger partial charge in [-0.2, -0.15) is 0 Å². The summed E-state index contributed by atoms with van der Waals surface area (Å²) in [6.45, 7) is 16.3. The van der Waals surface area contributed by atoms with Crippen LogP contribution in [0.2, 0.25) is 0 Å². The number of anilines is 1. The molecule has 1 amide bonds. The number of methoxy groups -OCH3 is 2. The van der Waals surface area contributed by atoms with E-state index >= 15 is 0 Å². The number of ether oxygens (including phenoxy) is 3. The number of fused-ring (bicyclic) bond motifs is 1. The summed E-state index contributed by atoms with van der Waals surface area (Å²) in [4.78, 5) is 15.9. The highest BCUT2D eigenvalue weighted by atomic mass is 16.5. The first kappa shape index (κ1) is 45.6. The van der Waals surface area contributed by atoms with Gasteiger partial charge in [0.25, 0.3) is 0 Å². The lowest BCUT2D eigenvalue weighted by atomic mass is 9.76. The monoisotopic (exact) mass is 832 g/mol.